The average Bonchev–Trinajstić information content (AvgIpc) is 3.40. The maximum absolute atomic E-state index is 13.1. The minimum atomic E-state index is -0.948. The summed E-state index contributed by atoms with van der Waals surface area (Å²) in [6, 6.07) is 11.7. The van der Waals surface area contributed by atoms with Gasteiger partial charge < -0.3 is 15.1 Å². The van der Waals surface area contributed by atoms with Crippen molar-refractivity contribution in [2.24, 2.45) is 5.92 Å². The van der Waals surface area contributed by atoms with Gasteiger partial charge in [0.2, 0.25) is 11.8 Å². The first-order valence-corrected chi connectivity index (χ1v) is 10.5. The monoisotopic (exact) mass is 447 g/mol. The predicted octanol–water partition coefficient (Wildman–Crippen LogP) is 0.0785. The molecule has 0 aliphatic carbocycles. The van der Waals surface area contributed by atoms with Crippen LogP contribution in [0.4, 0.5) is 16.3 Å². The van der Waals surface area contributed by atoms with Gasteiger partial charge in [0.1, 0.15) is 18.6 Å². The molecule has 2 aliphatic heterocycles. The van der Waals surface area contributed by atoms with Gasteiger partial charge in [-0.3, -0.25) is 9.59 Å². The number of hydrogen-bond acceptors (Lipinski definition) is 8. The fraction of sp³-hybridized carbons (Fsp3) is 0.286. The standard InChI is InChI=1S/C21H21N9O3/c31-19(16-12-23-21(33)30(20(16)32)15-4-2-1-3-5-15)28-10-8-27(9-11-28)17-6-7-18(26-25-17)29-14-22-13-24-29/h1-7,13-14,16H,8-12H2,(H,23,33). The van der Waals surface area contributed by atoms with Crippen LogP contribution < -0.4 is 15.1 Å². The predicted molar refractivity (Wildman–Crippen MR) is 117 cm³/mol. The molecule has 1 N–H and O–H groups in total. The van der Waals surface area contributed by atoms with Gasteiger partial charge in [-0.05, 0) is 24.3 Å². The molecule has 12 heteroatoms. The molecular weight excluding hydrogens is 426 g/mol. The second kappa shape index (κ2) is 8.65. The van der Waals surface area contributed by atoms with Crippen LogP contribution in [-0.2, 0) is 9.59 Å². The van der Waals surface area contributed by atoms with Crippen LogP contribution in [0, 0.1) is 5.92 Å². The van der Waals surface area contributed by atoms with Crippen molar-refractivity contribution in [3.05, 3.63) is 55.1 Å². The topological polar surface area (TPSA) is 129 Å². The van der Waals surface area contributed by atoms with Crippen molar-refractivity contribution in [3.63, 3.8) is 0 Å². The van der Waals surface area contributed by atoms with Crippen LogP contribution >= 0.6 is 0 Å². The van der Waals surface area contributed by atoms with E-state index in [4.69, 9.17) is 0 Å². The number of imide groups is 1. The zero-order valence-corrected chi connectivity index (χ0v) is 17.6. The molecule has 5 rings (SSSR count). The Labute approximate surface area is 188 Å². The van der Waals surface area contributed by atoms with E-state index in [0.717, 1.165) is 4.90 Å². The summed E-state index contributed by atoms with van der Waals surface area (Å²) in [5, 5.41) is 15.1. The summed E-state index contributed by atoms with van der Waals surface area (Å²) < 4.78 is 1.52. The Morgan fingerprint density at radius 1 is 0.939 bits per heavy atom. The van der Waals surface area contributed by atoms with E-state index in [1.54, 1.807) is 47.6 Å². The van der Waals surface area contributed by atoms with Gasteiger partial charge in [0.25, 0.3) is 0 Å². The van der Waals surface area contributed by atoms with E-state index < -0.39 is 17.9 Å². The zero-order valence-electron chi connectivity index (χ0n) is 17.6. The molecule has 0 spiro atoms. The van der Waals surface area contributed by atoms with Crippen molar-refractivity contribution in [1.82, 2.24) is 35.2 Å². The summed E-state index contributed by atoms with van der Waals surface area (Å²) >= 11 is 0. The number of nitrogens with zero attached hydrogens (tertiary/aromatic N) is 8. The quantitative estimate of drug-likeness (QED) is 0.557. The second-order valence-corrected chi connectivity index (χ2v) is 7.65. The first-order valence-electron chi connectivity index (χ1n) is 10.5. The Bertz CT molecular complexity index is 1140. The molecule has 2 aliphatic rings. The molecule has 4 amide bonds. The number of hydrogen-bond donors (Lipinski definition) is 1. The summed E-state index contributed by atoms with van der Waals surface area (Å²) in [6.45, 7) is 1.98. The number of piperazine rings is 1. The minimum Gasteiger partial charge on any atom is -0.352 e. The number of para-hydroxylation sites is 1. The van der Waals surface area contributed by atoms with Gasteiger partial charge in [0.15, 0.2) is 11.6 Å². The molecule has 2 fully saturated rings. The number of carbonyl (C=O) groups is 3. The summed E-state index contributed by atoms with van der Waals surface area (Å²) in [4.78, 5) is 47.1. The van der Waals surface area contributed by atoms with E-state index in [9.17, 15) is 14.4 Å². The number of amides is 4. The lowest BCUT2D eigenvalue weighted by molar-refractivity contribution is -0.141. The van der Waals surface area contributed by atoms with Crippen LogP contribution in [0.5, 0.6) is 0 Å². The Morgan fingerprint density at radius 3 is 2.33 bits per heavy atom. The Hall–Kier alpha value is -4.35. The van der Waals surface area contributed by atoms with Crippen LogP contribution in [0.25, 0.3) is 5.82 Å². The highest BCUT2D eigenvalue weighted by atomic mass is 16.2. The zero-order chi connectivity index (χ0) is 22.8. The van der Waals surface area contributed by atoms with Crippen molar-refractivity contribution < 1.29 is 14.4 Å². The molecule has 0 radical (unpaired) electrons. The molecule has 3 aromatic rings. The van der Waals surface area contributed by atoms with Gasteiger partial charge in [-0.15, -0.1) is 10.2 Å². The number of anilines is 2. The largest absolute Gasteiger partial charge is 0.352 e. The number of rotatable bonds is 4. The molecule has 4 heterocycles. The third-order valence-corrected chi connectivity index (χ3v) is 5.70. The van der Waals surface area contributed by atoms with Crippen LogP contribution in [0.3, 0.4) is 0 Å². The maximum Gasteiger partial charge on any atom is 0.328 e. The third-order valence-electron chi connectivity index (χ3n) is 5.70. The van der Waals surface area contributed by atoms with E-state index in [1.807, 2.05) is 11.0 Å². The van der Waals surface area contributed by atoms with Gasteiger partial charge in [0, 0.05) is 32.7 Å². The van der Waals surface area contributed by atoms with Crippen molar-refractivity contribution in [2.75, 3.05) is 42.5 Å². The number of nitrogens with one attached hydrogen (secondary N) is 1. The van der Waals surface area contributed by atoms with E-state index in [0.29, 0.717) is 43.5 Å². The highest BCUT2D eigenvalue weighted by Gasteiger charge is 2.41. The van der Waals surface area contributed by atoms with Gasteiger partial charge >= 0.3 is 6.03 Å². The lowest BCUT2D eigenvalue weighted by atomic mass is 10.0. The highest BCUT2D eigenvalue weighted by Crippen LogP contribution is 2.22. The van der Waals surface area contributed by atoms with Crippen molar-refractivity contribution in [2.45, 2.75) is 0 Å². The van der Waals surface area contributed by atoms with Gasteiger partial charge in [-0.25, -0.2) is 19.4 Å². The van der Waals surface area contributed by atoms with Crippen LogP contribution in [-0.4, -0.2) is 80.4 Å². The molecule has 1 unspecified atom stereocenters. The molecule has 1 atom stereocenters. The fourth-order valence-electron chi connectivity index (χ4n) is 3.94. The SMILES string of the molecule is O=C(C1CNC(=O)N(c2ccccc2)C1=O)N1CCN(c2ccc(-n3cncn3)nn2)CC1. The van der Waals surface area contributed by atoms with Crippen molar-refractivity contribution >= 4 is 29.4 Å². The Balaban J connectivity index is 1.22. The van der Waals surface area contributed by atoms with Gasteiger partial charge in [-0.2, -0.15) is 5.10 Å². The summed E-state index contributed by atoms with van der Waals surface area (Å²) in [5.74, 6) is -0.482. The van der Waals surface area contributed by atoms with E-state index in [-0.39, 0.29) is 12.5 Å². The van der Waals surface area contributed by atoms with Gasteiger partial charge in [0.05, 0.1) is 5.69 Å². The lowest BCUT2D eigenvalue weighted by Crippen LogP contribution is -2.61. The molecule has 33 heavy (non-hydrogen) atoms. The number of benzene rings is 1. The number of urea groups is 1. The minimum absolute atomic E-state index is 0.00469. The first-order chi connectivity index (χ1) is 16.1. The highest BCUT2D eigenvalue weighted by molar-refractivity contribution is 6.21. The smallest absolute Gasteiger partial charge is 0.328 e. The molecule has 0 bridgehead atoms. The molecule has 2 aromatic heterocycles. The number of aromatic nitrogens is 5. The second-order valence-electron chi connectivity index (χ2n) is 7.65. The van der Waals surface area contributed by atoms with Crippen LogP contribution in [0.15, 0.2) is 55.1 Å². The average molecular weight is 447 g/mol. The molecule has 1 aromatic carbocycles. The van der Waals surface area contributed by atoms with Crippen molar-refractivity contribution in [1.29, 1.82) is 0 Å². The fourth-order valence-corrected chi connectivity index (χ4v) is 3.94. The molecular formula is C21H21N9O3. The Kier molecular flexibility index (Phi) is 5.39. The van der Waals surface area contributed by atoms with Crippen molar-refractivity contribution in [3.8, 4) is 5.82 Å². The van der Waals surface area contributed by atoms with Crippen LogP contribution in [0.2, 0.25) is 0 Å². The first kappa shape index (κ1) is 20.5. The van der Waals surface area contributed by atoms with Gasteiger partial charge in [-0.1, -0.05) is 18.2 Å². The van der Waals surface area contributed by atoms with E-state index in [2.05, 4.69) is 25.6 Å². The Morgan fingerprint density at radius 2 is 1.67 bits per heavy atom. The molecule has 0 saturated carbocycles. The lowest BCUT2D eigenvalue weighted by Gasteiger charge is -2.38. The third kappa shape index (κ3) is 3.97. The maximum atomic E-state index is 13.1. The van der Waals surface area contributed by atoms with Crippen LogP contribution in [0.1, 0.15) is 0 Å². The molecule has 168 valence electrons. The summed E-state index contributed by atoms with van der Waals surface area (Å²) in [6.07, 6.45) is 2.97. The normalized spacial score (nSPS) is 18.9. The van der Waals surface area contributed by atoms with E-state index >= 15 is 0 Å². The molecule has 2 saturated heterocycles. The molecule has 12 nitrogen and oxygen atoms in total. The summed E-state index contributed by atoms with van der Waals surface area (Å²) in [5.41, 5.74) is 0.440. The number of carbonyl (C=O) groups excluding carboxylic acids is 3. The van der Waals surface area contributed by atoms with E-state index in [1.165, 1.54) is 11.0 Å². The summed E-state index contributed by atoms with van der Waals surface area (Å²) in [7, 11) is 0.